The van der Waals surface area contributed by atoms with E-state index < -0.39 is 23.5 Å². The Morgan fingerprint density at radius 2 is 1.61 bits per heavy atom. The summed E-state index contributed by atoms with van der Waals surface area (Å²) >= 11 is 0. The van der Waals surface area contributed by atoms with Gasteiger partial charge in [0.15, 0.2) is 0 Å². The Balaban J connectivity index is 2.64. The number of rotatable bonds is 4. The molecule has 102 valence electrons. The van der Waals surface area contributed by atoms with Gasteiger partial charge in [-0.2, -0.15) is 13.2 Å². The topological polar surface area (TPSA) is 26.0 Å². The zero-order chi connectivity index (χ0) is 14.0. The van der Waals surface area contributed by atoms with Crippen molar-refractivity contribution in [3.63, 3.8) is 0 Å². The number of alkyl halides is 4. The number of hydrogen-bond donors (Lipinski definition) is 1. The molecular formula is C13H17F4N. The van der Waals surface area contributed by atoms with Gasteiger partial charge in [-0.05, 0) is 38.0 Å². The molecule has 0 saturated carbocycles. The number of halogens is 4. The summed E-state index contributed by atoms with van der Waals surface area (Å²) in [4.78, 5) is 0. The van der Waals surface area contributed by atoms with Gasteiger partial charge in [0.05, 0.1) is 5.56 Å². The molecular weight excluding hydrogens is 246 g/mol. The summed E-state index contributed by atoms with van der Waals surface area (Å²) in [7, 11) is 0. The number of nitrogens with two attached hydrogens (primary N) is 1. The van der Waals surface area contributed by atoms with E-state index in [0.29, 0.717) is 5.56 Å². The molecule has 2 N–H and O–H groups in total. The van der Waals surface area contributed by atoms with Gasteiger partial charge in [0.1, 0.15) is 6.17 Å². The molecule has 0 saturated heterocycles. The van der Waals surface area contributed by atoms with Gasteiger partial charge in [-0.3, -0.25) is 0 Å². The molecule has 18 heavy (non-hydrogen) atoms. The second-order valence-electron chi connectivity index (χ2n) is 5.19. The SMILES string of the molecule is CC(C)(N)CC(F)Cc1ccc(C(F)(F)F)cc1. The fourth-order valence-corrected chi connectivity index (χ4v) is 1.73. The first kappa shape index (κ1) is 15.0. The van der Waals surface area contributed by atoms with Crippen LogP contribution in [0.25, 0.3) is 0 Å². The Morgan fingerprint density at radius 1 is 1.11 bits per heavy atom. The van der Waals surface area contributed by atoms with Crippen LogP contribution in [0.4, 0.5) is 17.6 Å². The third kappa shape index (κ3) is 5.04. The summed E-state index contributed by atoms with van der Waals surface area (Å²) in [5, 5.41) is 0. The van der Waals surface area contributed by atoms with Gasteiger partial charge < -0.3 is 5.73 Å². The molecule has 0 spiro atoms. The first-order chi connectivity index (χ1) is 8.08. The minimum atomic E-state index is -4.35. The van der Waals surface area contributed by atoms with Crippen LogP contribution in [0.1, 0.15) is 31.4 Å². The van der Waals surface area contributed by atoms with E-state index in [4.69, 9.17) is 5.73 Å². The molecule has 5 heteroatoms. The highest BCUT2D eigenvalue weighted by molar-refractivity contribution is 5.25. The third-order valence-corrected chi connectivity index (χ3v) is 2.49. The van der Waals surface area contributed by atoms with Crippen LogP contribution in [0.15, 0.2) is 24.3 Å². The molecule has 1 aromatic rings. The van der Waals surface area contributed by atoms with Crippen molar-refractivity contribution in [2.75, 3.05) is 0 Å². The molecule has 0 bridgehead atoms. The highest BCUT2D eigenvalue weighted by Gasteiger charge is 2.30. The van der Waals surface area contributed by atoms with Gasteiger partial charge in [0.2, 0.25) is 0 Å². The van der Waals surface area contributed by atoms with Crippen molar-refractivity contribution in [1.29, 1.82) is 0 Å². The van der Waals surface area contributed by atoms with E-state index in [9.17, 15) is 17.6 Å². The van der Waals surface area contributed by atoms with Crippen molar-refractivity contribution >= 4 is 0 Å². The minimum absolute atomic E-state index is 0.0821. The van der Waals surface area contributed by atoms with Gasteiger partial charge in [-0.15, -0.1) is 0 Å². The van der Waals surface area contributed by atoms with Crippen LogP contribution in [0, 0.1) is 0 Å². The van der Waals surface area contributed by atoms with Gasteiger partial charge in [-0.25, -0.2) is 4.39 Å². The van der Waals surface area contributed by atoms with Crippen LogP contribution < -0.4 is 5.73 Å². The van der Waals surface area contributed by atoms with Gasteiger partial charge in [0.25, 0.3) is 0 Å². The monoisotopic (exact) mass is 263 g/mol. The number of hydrogen-bond acceptors (Lipinski definition) is 1. The summed E-state index contributed by atoms with van der Waals surface area (Å²) in [6, 6.07) is 4.54. The fourth-order valence-electron chi connectivity index (χ4n) is 1.73. The Bertz CT molecular complexity index is 375. The molecule has 0 heterocycles. The van der Waals surface area contributed by atoms with Crippen LogP contribution >= 0.6 is 0 Å². The lowest BCUT2D eigenvalue weighted by atomic mass is 9.95. The minimum Gasteiger partial charge on any atom is -0.325 e. The summed E-state index contributed by atoms with van der Waals surface area (Å²) in [6.45, 7) is 3.43. The summed E-state index contributed by atoms with van der Waals surface area (Å²) in [6.07, 6.45) is -5.25. The molecule has 1 rings (SSSR count). The normalized spacial score (nSPS) is 14.6. The Hall–Kier alpha value is -1.10. The van der Waals surface area contributed by atoms with Crippen molar-refractivity contribution in [2.24, 2.45) is 5.73 Å². The molecule has 0 aromatic heterocycles. The molecule has 1 nitrogen and oxygen atoms in total. The zero-order valence-electron chi connectivity index (χ0n) is 10.4. The van der Waals surface area contributed by atoms with Crippen LogP contribution in [0.2, 0.25) is 0 Å². The van der Waals surface area contributed by atoms with Gasteiger partial charge >= 0.3 is 6.18 Å². The van der Waals surface area contributed by atoms with Crippen LogP contribution in [0.5, 0.6) is 0 Å². The van der Waals surface area contributed by atoms with Crippen molar-refractivity contribution in [3.8, 4) is 0 Å². The van der Waals surface area contributed by atoms with Crippen LogP contribution in [0.3, 0.4) is 0 Å². The Labute approximate surface area is 104 Å². The molecule has 1 atom stereocenters. The Kier molecular flexibility index (Phi) is 4.37. The van der Waals surface area contributed by atoms with E-state index in [1.54, 1.807) is 13.8 Å². The van der Waals surface area contributed by atoms with Gasteiger partial charge in [0, 0.05) is 12.0 Å². The van der Waals surface area contributed by atoms with Crippen molar-refractivity contribution in [1.82, 2.24) is 0 Å². The third-order valence-electron chi connectivity index (χ3n) is 2.49. The summed E-state index contributed by atoms with van der Waals surface area (Å²) in [5.74, 6) is 0. The van der Waals surface area contributed by atoms with E-state index in [2.05, 4.69) is 0 Å². The molecule has 0 aliphatic heterocycles. The molecule has 0 amide bonds. The molecule has 0 aliphatic carbocycles. The first-order valence-electron chi connectivity index (χ1n) is 5.67. The molecule has 1 aromatic carbocycles. The predicted molar refractivity (Wildman–Crippen MR) is 62.9 cm³/mol. The maximum absolute atomic E-state index is 13.6. The van der Waals surface area contributed by atoms with Crippen LogP contribution in [-0.2, 0) is 12.6 Å². The summed E-state index contributed by atoms with van der Waals surface area (Å²) < 4.78 is 50.6. The van der Waals surface area contributed by atoms with Crippen molar-refractivity contribution in [2.45, 2.75) is 44.6 Å². The van der Waals surface area contributed by atoms with E-state index in [1.807, 2.05) is 0 Å². The second-order valence-corrected chi connectivity index (χ2v) is 5.19. The maximum atomic E-state index is 13.6. The average Bonchev–Trinajstić information content (AvgIpc) is 2.13. The first-order valence-corrected chi connectivity index (χ1v) is 5.67. The van der Waals surface area contributed by atoms with Crippen LogP contribution in [-0.4, -0.2) is 11.7 Å². The summed E-state index contributed by atoms with van der Waals surface area (Å²) in [5.41, 5.74) is 4.88. The fraction of sp³-hybridized carbons (Fsp3) is 0.538. The highest BCUT2D eigenvalue weighted by Crippen LogP contribution is 2.29. The lowest BCUT2D eigenvalue weighted by Crippen LogP contribution is -2.35. The highest BCUT2D eigenvalue weighted by atomic mass is 19.4. The van der Waals surface area contributed by atoms with E-state index >= 15 is 0 Å². The molecule has 1 unspecified atom stereocenters. The quantitative estimate of drug-likeness (QED) is 0.823. The average molecular weight is 263 g/mol. The lowest BCUT2D eigenvalue weighted by molar-refractivity contribution is -0.137. The molecule has 0 aliphatic rings. The number of benzene rings is 1. The largest absolute Gasteiger partial charge is 0.416 e. The Morgan fingerprint density at radius 3 is 2.00 bits per heavy atom. The standard InChI is InChI=1S/C13H17F4N/c1-12(2,18)8-11(14)7-9-3-5-10(6-4-9)13(15,16)17/h3-6,11H,7-8,18H2,1-2H3. The van der Waals surface area contributed by atoms with E-state index in [0.717, 1.165) is 12.1 Å². The van der Waals surface area contributed by atoms with Crippen molar-refractivity contribution < 1.29 is 17.6 Å². The zero-order valence-corrected chi connectivity index (χ0v) is 10.4. The predicted octanol–water partition coefficient (Wildman–Crippen LogP) is 3.71. The van der Waals surface area contributed by atoms with E-state index in [-0.39, 0.29) is 12.8 Å². The molecule has 0 radical (unpaired) electrons. The lowest BCUT2D eigenvalue weighted by Gasteiger charge is -2.21. The smallest absolute Gasteiger partial charge is 0.325 e. The molecule has 0 fully saturated rings. The van der Waals surface area contributed by atoms with E-state index in [1.165, 1.54) is 12.1 Å². The second kappa shape index (κ2) is 5.26. The van der Waals surface area contributed by atoms with Crippen molar-refractivity contribution in [3.05, 3.63) is 35.4 Å². The van der Waals surface area contributed by atoms with Gasteiger partial charge in [-0.1, -0.05) is 12.1 Å². The maximum Gasteiger partial charge on any atom is 0.416 e.